The Morgan fingerprint density at radius 2 is 1.00 bits per heavy atom. The van der Waals surface area contributed by atoms with E-state index < -0.39 is 0 Å². The summed E-state index contributed by atoms with van der Waals surface area (Å²) < 4.78 is 0. The lowest BCUT2D eigenvalue weighted by Crippen LogP contribution is -2.27. The summed E-state index contributed by atoms with van der Waals surface area (Å²) in [6.07, 6.45) is 37.6. The van der Waals surface area contributed by atoms with Crippen LogP contribution in [0.25, 0.3) is 0 Å². The van der Waals surface area contributed by atoms with Crippen LogP contribution in [-0.4, -0.2) is 23.9 Å². The molecule has 0 aromatic heterocycles. The molecule has 1 aliphatic heterocycles. The highest BCUT2D eigenvalue weighted by Gasteiger charge is 2.16. The summed E-state index contributed by atoms with van der Waals surface area (Å²) in [5.41, 5.74) is 0. The smallest absolute Gasteiger partial charge is 0.222 e. The van der Waals surface area contributed by atoms with E-state index in [4.69, 9.17) is 0 Å². The van der Waals surface area contributed by atoms with Crippen LogP contribution in [0.15, 0.2) is 36.5 Å². The number of nitrogens with zero attached hydrogens (tertiary/aromatic N) is 1. The molecule has 1 amide bonds. The van der Waals surface area contributed by atoms with Crippen LogP contribution in [0.4, 0.5) is 0 Å². The summed E-state index contributed by atoms with van der Waals surface area (Å²) in [5.74, 6) is 0.360. The van der Waals surface area contributed by atoms with E-state index in [0.29, 0.717) is 5.91 Å². The van der Waals surface area contributed by atoms with Gasteiger partial charge in [0.25, 0.3) is 0 Å². The van der Waals surface area contributed by atoms with E-state index in [9.17, 15) is 4.79 Å². The lowest BCUT2D eigenvalue weighted by molar-refractivity contribution is -0.130. The van der Waals surface area contributed by atoms with Crippen LogP contribution in [0, 0.1) is 0 Å². The molecular weight excluding hydrogens is 378 g/mol. The summed E-state index contributed by atoms with van der Waals surface area (Å²) in [5, 5.41) is 0. The molecule has 1 fully saturated rings. The Hall–Kier alpha value is -1.31. The molecule has 1 saturated heterocycles. The summed E-state index contributed by atoms with van der Waals surface area (Å²) in [4.78, 5) is 14.0. The average molecular weight is 430 g/mol. The molecule has 1 rings (SSSR count). The molecular formula is C29H51NO. The van der Waals surface area contributed by atoms with E-state index in [2.05, 4.69) is 43.4 Å². The van der Waals surface area contributed by atoms with Gasteiger partial charge in [-0.2, -0.15) is 0 Å². The van der Waals surface area contributed by atoms with E-state index in [-0.39, 0.29) is 0 Å². The van der Waals surface area contributed by atoms with Gasteiger partial charge in [-0.1, -0.05) is 81.9 Å². The van der Waals surface area contributed by atoms with Crippen LogP contribution in [-0.2, 0) is 4.79 Å². The number of hydrogen-bond acceptors (Lipinski definition) is 1. The largest absolute Gasteiger partial charge is 0.343 e. The maximum Gasteiger partial charge on any atom is 0.222 e. The van der Waals surface area contributed by atoms with Gasteiger partial charge < -0.3 is 4.90 Å². The maximum absolute atomic E-state index is 11.9. The van der Waals surface area contributed by atoms with E-state index in [1.165, 1.54) is 89.9 Å². The Morgan fingerprint density at radius 1 is 0.581 bits per heavy atom. The van der Waals surface area contributed by atoms with Crippen LogP contribution in [0.1, 0.15) is 129 Å². The highest BCUT2D eigenvalue weighted by atomic mass is 16.2. The molecule has 2 nitrogen and oxygen atoms in total. The topological polar surface area (TPSA) is 20.3 Å². The van der Waals surface area contributed by atoms with Crippen molar-refractivity contribution >= 4 is 5.91 Å². The quantitative estimate of drug-likeness (QED) is 0.140. The van der Waals surface area contributed by atoms with Crippen molar-refractivity contribution in [3.8, 4) is 0 Å². The number of unbranched alkanes of at least 4 members (excludes halogenated alkanes) is 12. The van der Waals surface area contributed by atoms with Crippen molar-refractivity contribution in [2.45, 2.75) is 129 Å². The number of hydrogen-bond donors (Lipinski definition) is 0. The van der Waals surface area contributed by atoms with Crippen LogP contribution in [0.5, 0.6) is 0 Å². The normalized spacial score (nSPS) is 14.7. The van der Waals surface area contributed by atoms with Gasteiger partial charge in [0.2, 0.25) is 5.91 Å². The third-order valence-corrected chi connectivity index (χ3v) is 6.19. The van der Waals surface area contributed by atoms with Crippen LogP contribution in [0.2, 0.25) is 0 Å². The minimum Gasteiger partial charge on any atom is -0.343 e. The third-order valence-electron chi connectivity index (χ3n) is 6.19. The lowest BCUT2D eigenvalue weighted by Gasteiger charge is -2.14. The van der Waals surface area contributed by atoms with Crippen molar-refractivity contribution in [1.29, 1.82) is 0 Å². The van der Waals surface area contributed by atoms with E-state index in [1.54, 1.807) is 0 Å². The molecule has 0 unspecified atom stereocenters. The van der Waals surface area contributed by atoms with Gasteiger partial charge in [-0.05, 0) is 77.0 Å². The van der Waals surface area contributed by atoms with Gasteiger partial charge in [0.05, 0.1) is 0 Å². The maximum atomic E-state index is 11.9. The second-order valence-electron chi connectivity index (χ2n) is 9.17. The van der Waals surface area contributed by atoms with E-state index in [1.807, 2.05) is 4.90 Å². The second kappa shape index (κ2) is 21.9. The molecule has 0 aromatic rings. The number of likely N-dealkylation sites (tertiary alicyclic amines) is 1. The molecule has 0 spiro atoms. The minimum absolute atomic E-state index is 0.360. The molecule has 0 aromatic carbocycles. The summed E-state index contributed by atoms with van der Waals surface area (Å²) in [7, 11) is 0. The summed E-state index contributed by atoms with van der Waals surface area (Å²) >= 11 is 0. The van der Waals surface area contributed by atoms with Gasteiger partial charge in [-0.15, -0.1) is 0 Å². The molecule has 0 radical (unpaired) electrons. The fourth-order valence-electron chi connectivity index (χ4n) is 4.14. The Kier molecular flexibility index (Phi) is 19.6. The molecule has 1 aliphatic rings. The number of rotatable bonds is 20. The first-order valence-electron chi connectivity index (χ1n) is 13.6. The molecule has 31 heavy (non-hydrogen) atoms. The van der Waals surface area contributed by atoms with Crippen molar-refractivity contribution in [3.05, 3.63) is 36.5 Å². The van der Waals surface area contributed by atoms with Crippen LogP contribution in [0.3, 0.4) is 0 Å². The van der Waals surface area contributed by atoms with Gasteiger partial charge in [0.15, 0.2) is 0 Å². The first-order chi connectivity index (χ1) is 15.3. The molecule has 178 valence electrons. The van der Waals surface area contributed by atoms with Crippen molar-refractivity contribution in [1.82, 2.24) is 4.90 Å². The monoisotopic (exact) mass is 429 g/mol. The standard InChI is InChI=1S/C29H51NO/c1-2-3-4-5-6-7-8-9-10-11-12-13-14-15-16-17-18-19-20-21-22-23-26-29(31)30-27-24-25-28-30/h6-7,16-17,20-21H,2-5,8-15,18-19,22-28H2,1H3/b7-6+,17-16+,21-20+. The van der Waals surface area contributed by atoms with Crippen LogP contribution >= 0.6 is 0 Å². The Morgan fingerprint density at radius 3 is 1.52 bits per heavy atom. The summed E-state index contributed by atoms with van der Waals surface area (Å²) in [6, 6.07) is 0. The van der Waals surface area contributed by atoms with E-state index >= 15 is 0 Å². The first kappa shape index (κ1) is 27.7. The van der Waals surface area contributed by atoms with Crippen molar-refractivity contribution in [2.75, 3.05) is 13.1 Å². The molecule has 0 N–H and O–H groups in total. The summed E-state index contributed by atoms with van der Waals surface area (Å²) in [6.45, 7) is 4.24. The van der Waals surface area contributed by atoms with Crippen LogP contribution < -0.4 is 0 Å². The zero-order chi connectivity index (χ0) is 22.2. The fourth-order valence-corrected chi connectivity index (χ4v) is 4.14. The van der Waals surface area contributed by atoms with Gasteiger partial charge in [-0.3, -0.25) is 4.79 Å². The first-order valence-corrected chi connectivity index (χ1v) is 13.6. The van der Waals surface area contributed by atoms with Gasteiger partial charge in [-0.25, -0.2) is 0 Å². The Labute approximate surface area is 194 Å². The van der Waals surface area contributed by atoms with Gasteiger partial charge in [0, 0.05) is 19.5 Å². The van der Waals surface area contributed by atoms with Crippen molar-refractivity contribution in [3.63, 3.8) is 0 Å². The fraction of sp³-hybridized carbons (Fsp3) is 0.759. The molecule has 0 bridgehead atoms. The predicted molar refractivity (Wildman–Crippen MR) is 137 cm³/mol. The Bertz CT molecular complexity index is 485. The van der Waals surface area contributed by atoms with Crippen molar-refractivity contribution in [2.24, 2.45) is 0 Å². The molecule has 2 heteroatoms. The highest BCUT2D eigenvalue weighted by Crippen LogP contribution is 2.12. The number of allylic oxidation sites excluding steroid dienone is 6. The third kappa shape index (κ3) is 18.0. The second-order valence-corrected chi connectivity index (χ2v) is 9.17. The zero-order valence-electron chi connectivity index (χ0n) is 20.7. The number of carbonyl (C=O) groups excluding carboxylic acids is 1. The predicted octanol–water partition coefficient (Wildman–Crippen LogP) is 8.93. The zero-order valence-corrected chi connectivity index (χ0v) is 20.7. The lowest BCUT2D eigenvalue weighted by atomic mass is 10.1. The van der Waals surface area contributed by atoms with Gasteiger partial charge >= 0.3 is 0 Å². The number of amides is 1. The minimum atomic E-state index is 0.360. The van der Waals surface area contributed by atoms with Crippen molar-refractivity contribution < 1.29 is 4.79 Å². The Balaban J connectivity index is 1.77. The average Bonchev–Trinajstić information content (AvgIpc) is 3.32. The number of carbonyl (C=O) groups is 1. The molecule has 0 atom stereocenters. The highest BCUT2D eigenvalue weighted by molar-refractivity contribution is 5.76. The van der Waals surface area contributed by atoms with Gasteiger partial charge in [0.1, 0.15) is 0 Å². The molecule has 0 saturated carbocycles. The SMILES string of the molecule is CCCCC/C=C/CCCCCCCC/C=C/CC/C=C/CCCC(=O)N1CCCC1. The van der Waals surface area contributed by atoms with E-state index in [0.717, 1.165) is 45.2 Å². The molecule has 1 heterocycles. The molecule has 0 aliphatic carbocycles.